The van der Waals surface area contributed by atoms with Gasteiger partial charge in [0, 0.05) is 12.6 Å². The molecule has 0 spiro atoms. The number of piperidine rings is 1. The molecular weight excluding hydrogens is 254 g/mol. The van der Waals surface area contributed by atoms with Crippen LogP contribution in [0.3, 0.4) is 0 Å². The van der Waals surface area contributed by atoms with Gasteiger partial charge in [-0.2, -0.15) is 0 Å². The maximum atomic E-state index is 11.7. The highest BCUT2D eigenvalue weighted by Gasteiger charge is 2.24. The van der Waals surface area contributed by atoms with E-state index in [0.29, 0.717) is 6.54 Å². The van der Waals surface area contributed by atoms with E-state index < -0.39 is 0 Å². The minimum atomic E-state index is -0.117. The molecule has 112 valence electrons. The number of nitrogens with zero attached hydrogens (tertiary/aromatic N) is 1. The van der Waals surface area contributed by atoms with Gasteiger partial charge >= 0.3 is 6.03 Å². The molecule has 0 aromatic carbocycles. The lowest BCUT2D eigenvalue weighted by Crippen LogP contribution is -2.45. The number of likely N-dealkylation sites (tertiary alicyclic amines) is 1. The molecule has 0 radical (unpaired) electrons. The predicted octanol–water partition coefficient (Wildman–Crippen LogP) is 2.51. The maximum Gasteiger partial charge on any atom is 0.315 e. The fourth-order valence-corrected chi connectivity index (χ4v) is 2.62. The van der Waals surface area contributed by atoms with Crippen molar-refractivity contribution >= 4 is 6.03 Å². The molecule has 1 saturated heterocycles. The molecule has 5 nitrogen and oxygen atoms in total. The van der Waals surface area contributed by atoms with Crippen molar-refractivity contribution in [3.05, 3.63) is 24.2 Å². The molecular formula is C15H25N3O2. The first-order chi connectivity index (χ1) is 9.66. The SMILES string of the molecule is CC(C)NC(=O)NCC(c1ccco1)N1CCCCC1. The average Bonchev–Trinajstić information content (AvgIpc) is 2.93. The summed E-state index contributed by atoms with van der Waals surface area (Å²) in [6, 6.07) is 4.05. The van der Waals surface area contributed by atoms with E-state index >= 15 is 0 Å². The Labute approximate surface area is 120 Å². The second-order valence-electron chi connectivity index (χ2n) is 5.64. The Kier molecular flexibility index (Phi) is 5.47. The number of amides is 2. The Balaban J connectivity index is 1.94. The highest BCUT2D eigenvalue weighted by Crippen LogP contribution is 2.24. The van der Waals surface area contributed by atoms with E-state index in [1.165, 1.54) is 19.3 Å². The van der Waals surface area contributed by atoms with E-state index in [9.17, 15) is 4.79 Å². The van der Waals surface area contributed by atoms with Gasteiger partial charge in [-0.3, -0.25) is 4.90 Å². The Morgan fingerprint density at radius 2 is 2.10 bits per heavy atom. The number of nitrogens with one attached hydrogen (secondary N) is 2. The van der Waals surface area contributed by atoms with E-state index in [2.05, 4.69) is 15.5 Å². The van der Waals surface area contributed by atoms with Crippen LogP contribution in [0.15, 0.2) is 22.8 Å². The summed E-state index contributed by atoms with van der Waals surface area (Å²) in [5.74, 6) is 0.928. The van der Waals surface area contributed by atoms with Gasteiger partial charge in [-0.05, 0) is 51.9 Å². The van der Waals surface area contributed by atoms with Crippen LogP contribution in [-0.2, 0) is 0 Å². The standard InChI is InChI=1S/C15H25N3O2/c1-12(2)17-15(19)16-11-13(14-7-6-10-20-14)18-8-4-3-5-9-18/h6-7,10,12-13H,3-5,8-9,11H2,1-2H3,(H2,16,17,19). The number of carbonyl (C=O) groups excluding carboxylic acids is 1. The molecule has 5 heteroatoms. The van der Waals surface area contributed by atoms with Gasteiger partial charge in [0.1, 0.15) is 5.76 Å². The fraction of sp³-hybridized carbons (Fsp3) is 0.667. The van der Waals surface area contributed by atoms with Gasteiger partial charge < -0.3 is 15.1 Å². The van der Waals surface area contributed by atoms with Gasteiger partial charge in [0.2, 0.25) is 0 Å². The third-order valence-corrected chi connectivity index (χ3v) is 3.58. The second-order valence-corrected chi connectivity index (χ2v) is 5.64. The molecule has 1 unspecified atom stereocenters. The van der Waals surface area contributed by atoms with Crippen LogP contribution in [0.1, 0.15) is 44.9 Å². The number of furan rings is 1. The van der Waals surface area contributed by atoms with E-state index in [-0.39, 0.29) is 18.1 Å². The van der Waals surface area contributed by atoms with E-state index in [1.807, 2.05) is 26.0 Å². The summed E-state index contributed by atoms with van der Waals surface area (Å²) in [6.45, 7) is 6.62. The van der Waals surface area contributed by atoms with Crippen LogP contribution in [0.4, 0.5) is 4.79 Å². The molecule has 1 fully saturated rings. The maximum absolute atomic E-state index is 11.7. The van der Waals surface area contributed by atoms with E-state index in [0.717, 1.165) is 18.8 Å². The Bertz CT molecular complexity index is 397. The van der Waals surface area contributed by atoms with Crippen molar-refractivity contribution in [1.82, 2.24) is 15.5 Å². The minimum Gasteiger partial charge on any atom is -0.468 e. The topological polar surface area (TPSA) is 57.5 Å². The van der Waals surface area contributed by atoms with Gasteiger partial charge in [-0.1, -0.05) is 6.42 Å². The van der Waals surface area contributed by atoms with Crippen LogP contribution in [-0.4, -0.2) is 36.6 Å². The molecule has 2 N–H and O–H groups in total. The monoisotopic (exact) mass is 279 g/mol. The van der Waals surface area contributed by atoms with Gasteiger partial charge in [0.05, 0.1) is 12.3 Å². The van der Waals surface area contributed by atoms with Crippen molar-refractivity contribution in [3.8, 4) is 0 Å². The summed E-state index contributed by atoms with van der Waals surface area (Å²) in [4.78, 5) is 14.1. The Hall–Kier alpha value is -1.49. The molecule has 1 aliphatic rings. The number of hydrogen-bond acceptors (Lipinski definition) is 3. The first-order valence-corrected chi connectivity index (χ1v) is 7.48. The highest BCUT2D eigenvalue weighted by molar-refractivity contribution is 5.74. The van der Waals surface area contributed by atoms with Gasteiger partial charge in [0.15, 0.2) is 0 Å². The van der Waals surface area contributed by atoms with E-state index in [4.69, 9.17) is 4.42 Å². The third kappa shape index (κ3) is 4.27. The number of rotatable bonds is 5. The van der Waals surface area contributed by atoms with Crippen molar-refractivity contribution in [1.29, 1.82) is 0 Å². The molecule has 1 aromatic rings. The third-order valence-electron chi connectivity index (χ3n) is 3.58. The van der Waals surface area contributed by atoms with Gasteiger partial charge in [-0.15, -0.1) is 0 Å². The first kappa shape index (κ1) is 14.9. The summed E-state index contributed by atoms with van der Waals surface area (Å²) in [6.07, 6.45) is 5.42. The smallest absolute Gasteiger partial charge is 0.315 e. The summed E-state index contributed by atoms with van der Waals surface area (Å²) in [5, 5.41) is 5.80. The molecule has 0 bridgehead atoms. The molecule has 1 aromatic heterocycles. The molecule has 1 aliphatic heterocycles. The minimum absolute atomic E-state index is 0.117. The van der Waals surface area contributed by atoms with Crippen LogP contribution < -0.4 is 10.6 Å². The lowest BCUT2D eigenvalue weighted by atomic mass is 10.1. The van der Waals surface area contributed by atoms with Crippen molar-refractivity contribution < 1.29 is 9.21 Å². The average molecular weight is 279 g/mol. The molecule has 1 atom stereocenters. The fourth-order valence-electron chi connectivity index (χ4n) is 2.62. The normalized spacial score (nSPS) is 17.9. The zero-order valence-corrected chi connectivity index (χ0v) is 12.4. The van der Waals surface area contributed by atoms with Crippen molar-refractivity contribution in [3.63, 3.8) is 0 Å². The molecule has 0 saturated carbocycles. The lowest BCUT2D eigenvalue weighted by molar-refractivity contribution is 0.143. The van der Waals surface area contributed by atoms with Gasteiger partial charge in [-0.25, -0.2) is 4.79 Å². The molecule has 2 amide bonds. The van der Waals surface area contributed by atoms with Crippen LogP contribution in [0.25, 0.3) is 0 Å². The van der Waals surface area contributed by atoms with Crippen LogP contribution in [0.2, 0.25) is 0 Å². The van der Waals surface area contributed by atoms with Crippen molar-refractivity contribution in [2.45, 2.75) is 45.2 Å². The van der Waals surface area contributed by atoms with Crippen LogP contribution in [0, 0.1) is 0 Å². The summed E-state index contributed by atoms with van der Waals surface area (Å²) < 4.78 is 5.55. The summed E-state index contributed by atoms with van der Waals surface area (Å²) >= 11 is 0. The lowest BCUT2D eigenvalue weighted by Gasteiger charge is -2.33. The highest BCUT2D eigenvalue weighted by atomic mass is 16.3. The molecule has 0 aliphatic carbocycles. The van der Waals surface area contributed by atoms with Gasteiger partial charge in [0.25, 0.3) is 0 Å². The zero-order chi connectivity index (χ0) is 14.4. The summed E-state index contributed by atoms with van der Waals surface area (Å²) in [5.41, 5.74) is 0. The molecule has 2 heterocycles. The predicted molar refractivity (Wildman–Crippen MR) is 78.5 cm³/mol. The zero-order valence-electron chi connectivity index (χ0n) is 12.4. The van der Waals surface area contributed by atoms with Crippen LogP contribution in [0.5, 0.6) is 0 Å². The number of carbonyl (C=O) groups is 1. The van der Waals surface area contributed by atoms with Crippen LogP contribution >= 0.6 is 0 Å². The van der Waals surface area contributed by atoms with Crippen molar-refractivity contribution in [2.24, 2.45) is 0 Å². The Morgan fingerprint density at radius 1 is 1.35 bits per heavy atom. The number of urea groups is 1. The quantitative estimate of drug-likeness (QED) is 0.870. The largest absolute Gasteiger partial charge is 0.468 e. The Morgan fingerprint density at radius 3 is 2.70 bits per heavy atom. The molecule has 20 heavy (non-hydrogen) atoms. The van der Waals surface area contributed by atoms with Crippen molar-refractivity contribution in [2.75, 3.05) is 19.6 Å². The molecule has 2 rings (SSSR count). The van der Waals surface area contributed by atoms with E-state index in [1.54, 1.807) is 6.26 Å². The summed E-state index contributed by atoms with van der Waals surface area (Å²) in [7, 11) is 0. The number of hydrogen-bond donors (Lipinski definition) is 2. The first-order valence-electron chi connectivity index (χ1n) is 7.48. The second kappa shape index (κ2) is 7.33.